The van der Waals surface area contributed by atoms with Crippen molar-refractivity contribution in [1.29, 1.82) is 0 Å². The number of urea groups is 1. The molecule has 0 aromatic carbocycles. The van der Waals surface area contributed by atoms with Gasteiger partial charge in [0.25, 0.3) is 0 Å². The molecule has 134 valence electrons. The predicted molar refractivity (Wildman–Crippen MR) is 80.1 cm³/mol. The van der Waals surface area contributed by atoms with Crippen LogP contribution in [0.15, 0.2) is 6.07 Å². The number of hydrogen-bond acceptors (Lipinski definition) is 4. The highest BCUT2D eigenvalue weighted by Gasteiger charge is 2.33. The average Bonchev–Trinajstić information content (AvgIpc) is 2.52. The molecular formula is C15H21F3N4O2. The van der Waals surface area contributed by atoms with E-state index in [0.29, 0.717) is 13.0 Å². The molecule has 0 bridgehead atoms. The van der Waals surface area contributed by atoms with E-state index in [1.807, 2.05) is 0 Å². The van der Waals surface area contributed by atoms with Gasteiger partial charge in [0, 0.05) is 24.9 Å². The zero-order valence-corrected chi connectivity index (χ0v) is 13.4. The third-order valence-electron chi connectivity index (χ3n) is 3.94. The number of aliphatic hydroxyl groups is 1. The van der Waals surface area contributed by atoms with Crippen molar-refractivity contribution in [2.75, 3.05) is 13.2 Å². The molecule has 2 N–H and O–H groups in total. The number of halogens is 3. The number of piperidine rings is 1. The summed E-state index contributed by atoms with van der Waals surface area (Å²) in [7, 11) is 0. The minimum atomic E-state index is -4.55. The van der Waals surface area contributed by atoms with Crippen molar-refractivity contribution < 1.29 is 23.1 Å². The van der Waals surface area contributed by atoms with E-state index >= 15 is 0 Å². The molecule has 2 amide bonds. The lowest BCUT2D eigenvalue weighted by atomic mass is 10.0. The third-order valence-corrected chi connectivity index (χ3v) is 3.94. The molecule has 2 heterocycles. The highest BCUT2D eigenvalue weighted by atomic mass is 19.4. The van der Waals surface area contributed by atoms with Crippen molar-refractivity contribution in [3.05, 3.63) is 23.3 Å². The van der Waals surface area contributed by atoms with E-state index in [-0.39, 0.29) is 36.7 Å². The zero-order chi connectivity index (χ0) is 17.7. The van der Waals surface area contributed by atoms with Crippen molar-refractivity contribution in [2.24, 2.45) is 0 Å². The van der Waals surface area contributed by atoms with E-state index in [1.165, 1.54) is 6.92 Å². The Labute approximate surface area is 138 Å². The Morgan fingerprint density at radius 2 is 2.17 bits per heavy atom. The van der Waals surface area contributed by atoms with Crippen molar-refractivity contribution in [3.63, 3.8) is 0 Å². The predicted octanol–water partition coefficient (Wildman–Crippen LogP) is 2.25. The maximum absolute atomic E-state index is 12.8. The number of carbonyl (C=O) groups is 1. The van der Waals surface area contributed by atoms with Gasteiger partial charge >= 0.3 is 12.2 Å². The summed E-state index contributed by atoms with van der Waals surface area (Å²) in [4.78, 5) is 21.3. The largest absolute Gasteiger partial charge is 0.433 e. The lowest BCUT2D eigenvalue weighted by Crippen LogP contribution is -2.48. The summed E-state index contributed by atoms with van der Waals surface area (Å²) in [5.41, 5.74) is -0.826. The highest BCUT2D eigenvalue weighted by molar-refractivity contribution is 5.74. The molecule has 1 atom stereocenters. The SMILES string of the molecule is Cc1cc(C(F)(F)F)nc(CNC(=O)N2CCCCC2CCO)n1. The van der Waals surface area contributed by atoms with Crippen LogP contribution in [0.4, 0.5) is 18.0 Å². The molecule has 1 fully saturated rings. The number of aryl methyl sites for hydroxylation is 1. The van der Waals surface area contributed by atoms with Gasteiger partial charge in [-0.15, -0.1) is 0 Å². The van der Waals surface area contributed by atoms with Crippen LogP contribution < -0.4 is 5.32 Å². The number of likely N-dealkylation sites (tertiary alicyclic amines) is 1. The van der Waals surface area contributed by atoms with E-state index in [1.54, 1.807) is 4.90 Å². The fourth-order valence-corrected chi connectivity index (χ4v) is 2.83. The molecule has 2 rings (SSSR count). The molecule has 1 aliphatic rings. The Balaban J connectivity index is 2.02. The smallest absolute Gasteiger partial charge is 0.396 e. The molecule has 6 nitrogen and oxygen atoms in total. The number of hydrogen-bond donors (Lipinski definition) is 2. The first-order chi connectivity index (χ1) is 11.3. The molecule has 1 unspecified atom stereocenters. The Bertz CT molecular complexity index is 578. The van der Waals surface area contributed by atoms with Crippen LogP contribution in [0.2, 0.25) is 0 Å². The molecule has 24 heavy (non-hydrogen) atoms. The Morgan fingerprint density at radius 3 is 2.83 bits per heavy atom. The van der Waals surface area contributed by atoms with Gasteiger partial charge in [-0.1, -0.05) is 0 Å². The molecule has 0 aliphatic carbocycles. The number of nitrogens with zero attached hydrogens (tertiary/aromatic N) is 3. The third kappa shape index (κ3) is 4.80. The van der Waals surface area contributed by atoms with Gasteiger partial charge in [0.15, 0.2) is 0 Å². The molecule has 0 saturated carbocycles. The molecule has 1 aliphatic heterocycles. The van der Waals surface area contributed by atoms with E-state index < -0.39 is 11.9 Å². The van der Waals surface area contributed by atoms with Crippen LogP contribution >= 0.6 is 0 Å². The molecule has 0 radical (unpaired) electrons. The standard InChI is InChI=1S/C15H21F3N4O2/c1-10-8-12(15(16,17)18)21-13(20-10)9-19-14(24)22-6-3-2-4-11(22)5-7-23/h8,11,23H,2-7,9H2,1H3,(H,19,24). The molecule has 1 aromatic heterocycles. The van der Waals surface area contributed by atoms with E-state index in [0.717, 1.165) is 25.3 Å². The van der Waals surface area contributed by atoms with E-state index in [9.17, 15) is 18.0 Å². The van der Waals surface area contributed by atoms with Gasteiger partial charge in [-0.25, -0.2) is 14.8 Å². The van der Waals surface area contributed by atoms with Gasteiger partial charge < -0.3 is 15.3 Å². The fraction of sp³-hybridized carbons (Fsp3) is 0.667. The second-order valence-corrected chi connectivity index (χ2v) is 5.82. The highest BCUT2D eigenvalue weighted by Crippen LogP contribution is 2.27. The summed E-state index contributed by atoms with van der Waals surface area (Å²) >= 11 is 0. The normalized spacial score (nSPS) is 18.5. The van der Waals surface area contributed by atoms with Crippen LogP contribution in [0.5, 0.6) is 0 Å². The minimum absolute atomic E-state index is 0.00954. The summed E-state index contributed by atoms with van der Waals surface area (Å²) in [6.45, 7) is 1.83. The number of amides is 2. The summed E-state index contributed by atoms with van der Waals surface area (Å²) in [6.07, 6.45) is -1.38. The van der Waals surface area contributed by atoms with Crippen molar-refractivity contribution in [2.45, 2.75) is 51.4 Å². The number of rotatable bonds is 4. The number of carbonyl (C=O) groups excluding carboxylic acids is 1. The Morgan fingerprint density at radius 1 is 1.42 bits per heavy atom. The first kappa shape index (κ1) is 18.4. The summed E-state index contributed by atoms with van der Waals surface area (Å²) in [5, 5.41) is 11.7. The fourth-order valence-electron chi connectivity index (χ4n) is 2.83. The van der Waals surface area contributed by atoms with Gasteiger partial charge in [-0.2, -0.15) is 13.2 Å². The van der Waals surface area contributed by atoms with Crippen molar-refractivity contribution >= 4 is 6.03 Å². The van der Waals surface area contributed by atoms with Crippen LogP contribution in [0, 0.1) is 6.92 Å². The molecule has 1 aromatic rings. The molecule has 1 saturated heterocycles. The van der Waals surface area contributed by atoms with Gasteiger partial charge in [0.2, 0.25) is 0 Å². The van der Waals surface area contributed by atoms with Gasteiger partial charge in [-0.05, 0) is 38.7 Å². The second kappa shape index (κ2) is 7.78. The first-order valence-corrected chi connectivity index (χ1v) is 7.88. The topological polar surface area (TPSA) is 78.4 Å². The lowest BCUT2D eigenvalue weighted by Gasteiger charge is -2.35. The maximum atomic E-state index is 12.8. The van der Waals surface area contributed by atoms with Crippen LogP contribution in [-0.2, 0) is 12.7 Å². The minimum Gasteiger partial charge on any atom is -0.396 e. The van der Waals surface area contributed by atoms with Crippen LogP contribution in [-0.4, -0.2) is 45.2 Å². The zero-order valence-electron chi connectivity index (χ0n) is 13.4. The Hall–Kier alpha value is -1.90. The number of aliphatic hydroxyl groups excluding tert-OH is 1. The second-order valence-electron chi connectivity index (χ2n) is 5.82. The van der Waals surface area contributed by atoms with Gasteiger partial charge in [0.05, 0.1) is 6.54 Å². The van der Waals surface area contributed by atoms with Gasteiger partial charge in [-0.3, -0.25) is 0 Å². The quantitative estimate of drug-likeness (QED) is 0.876. The summed E-state index contributed by atoms with van der Waals surface area (Å²) in [6, 6.07) is 0.451. The lowest BCUT2D eigenvalue weighted by molar-refractivity contribution is -0.141. The van der Waals surface area contributed by atoms with Crippen LogP contribution in [0.25, 0.3) is 0 Å². The van der Waals surface area contributed by atoms with Crippen LogP contribution in [0.3, 0.4) is 0 Å². The van der Waals surface area contributed by atoms with E-state index in [4.69, 9.17) is 5.11 Å². The monoisotopic (exact) mass is 346 g/mol. The number of nitrogens with one attached hydrogen (secondary N) is 1. The van der Waals surface area contributed by atoms with Crippen molar-refractivity contribution in [3.8, 4) is 0 Å². The molecule has 0 spiro atoms. The summed E-state index contributed by atoms with van der Waals surface area (Å²) in [5.74, 6) is -0.0774. The molecular weight excluding hydrogens is 325 g/mol. The number of aromatic nitrogens is 2. The summed E-state index contributed by atoms with van der Waals surface area (Å²) < 4.78 is 38.3. The maximum Gasteiger partial charge on any atom is 0.433 e. The van der Waals surface area contributed by atoms with Crippen LogP contribution in [0.1, 0.15) is 42.9 Å². The number of alkyl halides is 3. The van der Waals surface area contributed by atoms with Crippen molar-refractivity contribution in [1.82, 2.24) is 20.2 Å². The Kier molecular flexibility index (Phi) is 5.98. The van der Waals surface area contributed by atoms with Gasteiger partial charge in [0.1, 0.15) is 11.5 Å². The first-order valence-electron chi connectivity index (χ1n) is 7.88. The van der Waals surface area contributed by atoms with E-state index in [2.05, 4.69) is 15.3 Å². The average molecular weight is 346 g/mol. The molecule has 9 heteroatoms.